The van der Waals surface area contributed by atoms with Gasteiger partial charge in [0.25, 0.3) is 0 Å². The van der Waals surface area contributed by atoms with Gasteiger partial charge in [0.2, 0.25) is 0 Å². The van der Waals surface area contributed by atoms with E-state index in [4.69, 9.17) is 4.42 Å². The fraction of sp³-hybridized carbons (Fsp3) is 0.308. The van der Waals surface area contributed by atoms with Gasteiger partial charge >= 0.3 is 0 Å². The highest BCUT2D eigenvalue weighted by Gasteiger charge is 2.16. The second kappa shape index (κ2) is 6.50. The van der Waals surface area contributed by atoms with E-state index >= 15 is 0 Å². The number of halogens is 2. The van der Waals surface area contributed by atoms with Crippen LogP contribution in [0.4, 0.5) is 0 Å². The Bertz CT molecular complexity index is 496. The van der Waals surface area contributed by atoms with Crippen LogP contribution in [-0.4, -0.2) is 11.5 Å². The largest absolute Gasteiger partial charge is 0.457 e. The van der Waals surface area contributed by atoms with E-state index in [-0.39, 0.29) is 6.04 Å². The van der Waals surface area contributed by atoms with Crippen LogP contribution in [0.5, 0.6) is 0 Å². The minimum atomic E-state index is 0.205. The average molecular weight is 374 g/mol. The van der Waals surface area contributed by atoms with Gasteiger partial charge in [0, 0.05) is 34.4 Å². The second-order valence-electron chi connectivity index (χ2n) is 3.93. The number of rotatable bonds is 5. The summed E-state index contributed by atoms with van der Waals surface area (Å²) in [6.07, 6.45) is 4.35. The Hall–Kier alpha value is -0.650. The molecule has 0 aliphatic carbocycles. The van der Waals surface area contributed by atoms with E-state index in [1.807, 2.05) is 24.4 Å². The van der Waals surface area contributed by atoms with Gasteiger partial charge in [0.1, 0.15) is 0 Å². The fourth-order valence-electron chi connectivity index (χ4n) is 1.83. The van der Waals surface area contributed by atoms with Gasteiger partial charge in [-0.15, -0.1) is 0 Å². The van der Waals surface area contributed by atoms with E-state index in [9.17, 15) is 0 Å². The normalized spacial score (nSPS) is 12.6. The number of hydrogen-bond donors (Lipinski definition) is 1. The van der Waals surface area contributed by atoms with Crippen molar-refractivity contribution >= 4 is 31.9 Å². The lowest BCUT2D eigenvalue weighted by Crippen LogP contribution is -2.23. The first-order valence-electron chi connectivity index (χ1n) is 5.77. The van der Waals surface area contributed by atoms with E-state index in [2.05, 4.69) is 49.1 Å². The van der Waals surface area contributed by atoms with Crippen LogP contribution >= 0.6 is 31.9 Å². The van der Waals surface area contributed by atoms with Crippen molar-refractivity contribution < 1.29 is 4.42 Å². The maximum Gasteiger partial charge on any atom is 0.173 e. The topological polar surface area (TPSA) is 38.1 Å². The van der Waals surface area contributed by atoms with Crippen molar-refractivity contribution in [2.75, 3.05) is 6.54 Å². The third kappa shape index (κ3) is 3.43. The lowest BCUT2D eigenvalue weighted by Gasteiger charge is -2.16. The summed E-state index contributed by atoms with van der Waals surface area (Å²) in [6, 6.07) is 6.23. The molecule has 0 saturated carbocycles. The molecule has 0 saturated heterocycles. The summed E-state index contributed by atoms with van der Waals surface area (Å²) in [7, 11) is 0. The molecule has 0 aromatic carbocycles. The van der Waals surface area contributed by atoms with E-state index in [0.717, 1.165) is 33.4 Å². The molecule has 0 aliphatic rings. The zero-order valence-electron chi connectivity index (χ0n) is 9.99. The van der Waals surface area contributed by atoms with E-state index in [1.54, 1.807) is 6.26 Å². The molecule has 18 heavy (non-hydrogen) atoms. The van der Waals surface area contributed by atoms with Crippen LogP contribution in [0, 0.1) is 0 Å². The van der Waals surface area contributed by atoms with Gasteiger partial charge in [-0.3, -0.25) is 4.98 Å². The van der Waals surface area contributed by atoms with Crippen molar-refractivity contribution in [3.63, 3.8) is 0 Å². The summed E-state index contributed by atoms with van der Waals surface area (Å²) >= 11 is 6.82. The van der Waals surface area contributed by atoms with Crippen LogP contribution in [-0.2, 0) is 6.42 Å². The third-order valence-corrected chi connectivity index (χ3v) is 3.79. The van der Waals surface area contributed by atoms with Gasteiger partial charge in [0.15, 0.2) is 4.67 Å². The number of aromatic nitrogens is 1. The summed E-state index contributed by atoms with van der Waals surface area (Å²) in [6.45, 7) is 2.99. The molecule has 0 radical (unpaired) electrons. The molecule has 3 nitrogen and oxygen atoms in total. The van der Waals surface area contributed by atoms with Crippen molar-refractivity contribution in [2.24, 2.45) is 0 Å². The molecule has 5 heteroatoms. The summed E-state index contributed by atoms with van der Waals surface area (Å²) in [5, 5.41) is 3.45. The molecule has 0 aliphatic heterocycles. The Morgan fingerprint density at radius 1 is 1.33 bits per heavy atom. The summed E-state index contributed by atoms with van der Waals surface area (Å²) < 4.78 is 7.08. The third-order valence-electron chi connectivity index (χ3n) is 2.67. The minimum Gasteiger partial charge on any atom is -0.457 e. The molecular weight excluding hydrogens is 360 g/mol. The molecule has 2 rings (SSSR count). The second-order valence-corrected chi connectivity index (χ2v) is 5.57. The van der Waals surface area contributed by atoms with Crippen LogP contribution < -0.4 is 5.32 Å². The Labute approximate surface area is 123 Å². The summed E-state index contributed by atoms with van der Waals surface area (Å²) in [5.74, 6) is 0. The predicted molar refractivity (Wildman–Crippen MR) is 78.5 cm³/mol. The van der Waals surface area contributed by atoms with Crippen molar-refractivity contribution in [1.82, 2.24) is 10.3 Å². The number of nitrogens with one attached hydrogen (secondary N) is 1. The highest BCUT2D eigenvalue weighted by molar-refractivity contribution is 9.10. The van der Waals surface area contributed by atoms with Crippen LogP contribution in [0.1, 0.15) is 24.2 Å². The Morgan fingerprint density at radius 3 is 2.72 bits per heavy atom. The Morgan fingerprint density at radius 2 is 2.17 bits per heavy atom. The Balaban J connectivity index is 2.16. The monoisotopic (exact) mass is 372 g/mol. The molecule has 1 N–H and O–H groups in total. The molecule has 96 valence electrons. The molecule has 0 amide bonds. The smallest absolute Gasteiger partial charge is 0.173 e. The van der Waals surface area contributed by atoms with Crippen molar-refractivity contribution in [1.29, 1.82) is 0 Å². The van der Waals surface area contributed by atoms with Crippen LogP contribution in [0.25, 0.3) is 0 Å². The van der Waals surface area contributed by atoms with E-state index < -0.39 is 0 Å². The average Bonchev–Trinajstić information content (AvgIpc) is 2.78. The predicted octanol–water partition coefficient (Wildman–Crippen LogP) is 4.09. The molecule has 0 fully saturated rings. The van der Waals surface area contributed by atoms with Gasteiger partial charge in [0.05, 0.1) is 6.26 Å². The molecule has 2 heterocycles. The summed E-state index contributed by atoms with van der Waals surface area (Å²) in [4.78, 5) is 4.41. The fourth-order valence-corrected chi connectivity index (χ4v) is 2.58. The van der Waals surface area contributed by atoms with Gasteiger partial charge in [-0.25, -0.2) is 0 Å². The Kier molecular flexibility index (Phi) is 4.97. The molecular formula is C13H14Br2N2O. The zero-order chi connectivity index (χ0) is 13.0. The minimum absolute atomic E-state index is 0.205. The van der Waals surface area contributed by atoms with Crippen LogP contribution in [0.15, 0.2) is 44.2 Å². The molecule has 1 unspecified atom stereocenters. The molecule has 1 atom stereocenters. The molecule has 0 bridgehead atoms. The maximum atomic E-state index is 5.30. The number of nitrogens with zero attached hydrogens (tertiary/aromatic N) is 1. The number of pyridine rings is 1. The number of hydrogen-bond acceptors (Lipinski definition) is 3. The maximum absolute atomic E-state index is 5.30. The van der Waals surface area contributed by atoms with E-state index in [1.165, 1.54) is 0 Å². The lowest BCUT2D eigenvalue weighted by molar-refractivity contribution is 0.504. The van der Waals surface area contributed by atoms with Gasteiger partial charge in [-0.05, 0) is 56.6 Å². The van der Waals surface area contributed by atoms with Gasteiger partial charge < -0.3 is 9.73 Å². The van der Waals surface area contributed by atoms with Crippen molar-refractivity contribution in [2.45, 2.75) is 19.4 Å². The van der Waals surface area contributed by atoms with Gasteiger partial charge in [-0.2, -0.15) is 0 Å². The zero-order valence-corrected chi connectivity index (χ0v) is 13.2. The quantitative estimate of drug-likeness (QED) is 0.857. The lowest BCUT2D eigenvalue weighted by atomic mass is 10.0. The van der Waals surface area contributed by atoms with Crippen LogP contribution in [0.3, 0.4) is 0 Å². The first-order chi connectivity index (χ1) is 8.70. The molecule has 2 aromatic rings. The van der Waals surface area contributed by atoms with Crippen molar-refractivity contribution in [3.8, 4) is 0 Å². The van der Waals surface area contributed by atoms with E-state index in [0.29, 0.717) is 0 Å². The highest BCUT2D eigenvalue weighted by atomic mass is 79.9. The number of likely N-dealkylation sites (N-methyl/N-ethyl adjacent to an activating group) is 1. The van der Waals surface area contributed by atoms with Gasteiger partial charge in [-0.1, -0.05) is 6.92 Å². The standard InChI is InChI=1S/C13H14Br2N2O/c1-2-16-12(11-5-6-18-13(11)15)7-10-4-3-9(14)8-17-10/h3-6,8,12,16H,2,7H2,1H3. The molecule has 2 aromatic heterocycles. The first-order valence-corrected chi connectivity index (χ1v) is 7.36. The first kappa shape index (κ1) is 13.8. The number of furan rings is 1. The molecule has 0 spiro atoms. The van der Waals surface area contributed by atoms with Crippen molar-refractivity contribution in [3.05, 3.63) is 51.1 Å². The highest BCUT2D eigenvalue weighted by Crippen LogP contribution is 2.27. The SMILES string of the molecule is CCNC(Cc1ccc(Br)cn1)c1ccoc1Br. The summed E-state index contributed by atoms with van der Waals surface area (Å²) in [5.41, 5.74) is 2.18. The van der Waals surface area contributed by atoms with Crippen LogP contribution in [0.2, 0.25) is 0 Å².